The van der Waals surface area contributed by atoms with E-state index in [2.05, 4.69) is 27.9 Å². The summed E-state index contributed by atoms with van der Waals surface area (Å²) in [4.78, 5) is 56.3. The highest BCUT2D eigenvalue weighted by atomic mass is 16.6. The van der Waals surface area contributed by atoms with E-state index in [1.807, 2.05) is 20.8 Å². The minimum Gasteiger partial charge on any atom is -0.444 e. The quantitative estimate of drug-likeness (QED) is 0.470. The van der Waals surface area contributed by atoms with Crippen LogP contribution in [0.25, 0.3) is 0 Å². The summed E-state index contributed by atoms with van der Waals surface area (Å²) in [6, 6.07) is 1.58. The number of nitrogens with zero attached hydrogens (tertiary/aromatic N) is 2. The highest BCUT2D eigenvalue weighted by molar-refractivity contribution is 6.39. The van der Waals surface area contributed by atoms with Crippen LogP contribution in [0.15, 0.2) is 12.3 Å². The maximum absolute atomic E-state index is 13.3. The maximum Gasteiger partial charge on any atom is 0.413 e. The third-order valence-corrected chi connectivity index (χ3v) is 6.71. The number of aromatic nitrogens is 1. The summed E-state index contributed by atoms with van der Waals surface area (Å²) >= 11 is 0. The molecule has 0 unspecified atom stereocenters. The van der Waals surface area contributed by atoms with Crippen LogP contribution in [0.3, 0.4) is 0 Å². The van der Waals surface area contributed by atoms with Gasteiger partial charge in [0.15, 0.2) is 0 Å². The molecule has 0 spiro atoms. The van der Waals surface area contributed by atoms with E-state index in [4.69, 9.17) is 9.47 Å². The second-order valence-corrected chi connectivity index (χ2v) is 12.8. The zero-order valence-electron chi connectivity index (χ0n) is 24.3. The summed E-state index contributed by atoms with van der Waals surface area (Å²) in [6.45, 7) is 15.1. The number of aryl methyl sites for hydroxylation is 1. The molecule has 2 fully saturated rings. The predicted molar refractivity (Wildman–Crippen MR) is 147 cm³/mol. The minimum absolute atomic E-state index is 0.00293. The summed E-state index contributed by atoms with van der Waals surface area (Å²) in [5, 5.41) is 8.14. The number of carbonyl (C=O) groups is 4. The molecule has 216 valence electrons. The van der Waals surface area contributed by atoms with Gasteiger partial charge in [0, 0.05) is 18.6 Å². The van der Waals surface area contributed by atoms with Crippen molar-refractivity contribution in [2.45, 2.75) is 104 Å². The van der Waals surface area contributed by atoms with E-state index in [9.17, 15) is 19.2 Å². The smallest absolute Gasteiger partial charge is 0.413 e. The van der Waals surface area contributed by atoms with Gasteiger partial charge in [0.1, 0.15) is 17.0 Å². The van der Waals surface area contributed by atoms with Gasteiger partial charge in [-0.2, -0.15) is 0 Å². The summed E-state index contributed by atoms with van der Waals surface area (Å²) in [6.07, 6.45) is 3.58. The maximum atomic E-state index is 13.3. The normalized spacial score (nSPS) is 23.2. The van der Waals surface area contributed by atoms with Gasteiger partial charge in [0.05, 0.1) is 11.9 Å². The molecule has 11 nitrogen and oxygen atoms in total. The Bertz CT molecular complexity index is 1090. The number of alkyl carbamates (subject to hydrolysis) is 1. The third-order valence-electron chi connectivity index (χ3n) is 6.71. The fourth-order valence-corrected chi connectivity index (χ4v) is 4.95. The molecule has 0 aromatic carbocycles. The van der Waals surface area contributed by atoms with Gasteiger partial charge in [-0.3, -0.25) is 14.9 Å². The Morgan fingerprint density at radius 2 is 1.56 bits per heavy atom. The van der Waals surface area contributed by atoms with Gasteiger partial charge in [-0.05, 0) is 97.6 Å². The Labute approximate surface area is 230 Å². The Kier molecular flexibility index (Phi) is 9.12. The molecule has 1 saturated heterocycles. The lowest BCUT2D eigenvalue weighted by Crippen LogP contribution is -2.58. The largest absolute Gasteiger partial charge is 0.444 e. The monoisotopic (exact) mass is 545 g/mol. The van der Waals surface area contributed by atoms with Crippen molar-refractivity contribution in [3.05, 3.63) is 17.8 Å². The molecule has 3 rings (SSSR count). The highest BCUT2D eigenvalue weighted by Gasteiger charge is 2.43. The summed E-state index contributed by atoms with van der Waals surface area (Å²) in [5.41, 5.74) is -0.252. The molecule has 1 aliphatic heterocycles. The molecule has 39 heavy (non-hydrogen) atoms. The third kappa shape index (κ3) is 8.83. The van der Waals surface area contributed by atoms with E-state index < -0.39 is 35.2 Å². The van der Waals surface area contributed by atoms with Crippen LogP contribution in [0.1, 0.15) is 79.7 Å². The van der Waals surface area contributed by atoms with Gasteiger partial charge in [-0.25, -0.2) is 14.6 Å². The Morgan fingerprint density at radius 1 is 0.949 bits per heavy atom. The first-order chi connectivity index (χ1) is 18.0. The van der Waals surface area contributed by atoms with E-state index in [0.29, 0.717) is 23.6 Å². The molecule has 0 radical (unpaired) electrons. The molecule has 0 bridgehead atoms. The van der Waals surface area contributed by atoms with Gasteiger partial charge in [0.25, 0.3) is 0 Å². The first-order valence-corrected chi connectivity index (χ1v) is 13.6. The molecule has 11 heteroatoms. The molecule has 1 aromatic heterocycles. The molecule has 4 amide bonds. The van der Waals surface area contributed by atoms with Crippen molar-refractivity contribution in [1.29, 1.82) is 0 Å². The van der Waals surface area contributed by atoms with E-state index in [0.717, 1.165) is 25.7 Å². The molecule has 2 heterocycles. The van der Waals surface area contributed by atoms with Gasteiger partial charge in [-0.1, -0.05) is 6.92 Å². The fraction of sp³-hybridized carbons (Fsp3) is 0.679. The van der Waals surface area contributed by atoms with Gasteiger partial charge < -0.3 is 25.0 Å². The Morgan fingerprint density at radius 3 is 2.15 bits per heavy atom. The number of rotatable bonds is 4. The number of nitrogens with one attached hydrogen (secondary N) is 3. The average Bonchev–Trinajstić information content (AvgIpc) is 2.75. The van der Waals surface area contributed by atoms with Crippen LogP contribution in [0.4, 0.5) is 21.1 Å². The SMILES string of the molecule is Cc1cc(NC(=O)C(=O)N2C[C@H](C)CC[C@@H]2[C@H]2C[C@H](NC(=O)OC(C)(C)C)C2)cnc1NC(=O)OC(C)(C)C. The van der Waals surface area contributed by atoms with Gasteiger partial charge in [0.2, 0.25) is 0 Å². The Hall–Kier alpha value is -3.37. The lowest BCUT2D eigenvalue weighted by molar-refractivity contribution is -0.148. The van der Waals surface area contributed by atoms with E-state index >= 15 is 0 Å². The lowest BCUT2D eigenvalue weighted by Gasteiger charge is -2.48. The van der Waals surface area contributed by atoms with Crippen LogP contribution in [-0.2, 0) is 19.1 Å². The number of ether oxygens (including phenoxy) is 2. The zero-order chi connectivity index (χ0) is 29.1. The van der Waals surface area contributed by atoms with Crippen LogP contribution >= 0.6 is 0 Å². The van der Waals surface area contributed by atoms with Crippen molar-refractivity contribution in [2.75, 3.05) is 17.2 Å². The number of piperidine rings is 1. The van der Waals surface area contributed by atoms with Crippen LogP contribution in [0, 0.1) is 18.8 Å². The molecule has 1 saturated carbocycles. The van der Waals surface area contributed by atoms with Crippen LogP contribution in [0.5, 0.6) is 0 Å². The highest BCUT2D eigenvalue weighted by Crippen LogP contribution is 2.38. The number of hydrogen-bond donors (Lipinski definition) is 3. The van der Waals surface area contributed by atoms with Crippen molar-refractivity contribution in [2.24, 2.45) is 11.8 Å². The topological polar surface area (TPSA) is 139 Å². The zero-order valence-corrected chi connectivity index (χ0v) is 24.3. The summed E-state index contributed by atoms with van der Waals surface area (Å²) in [5.74, 6) is -0.514. The summed E-state index contributed by atoms with van der Waals surface area (Å²) < 4.78 is 10.6. The van der Waals surface area contributed by atoms with Crippen LogP contribution in [0.2, 0.25) is 0 Å². The number of likely N-dealkylation sites (tertiary alicyclic amines) is 1. The van der Waals surface area contributed by atoms with Gasteiger partial charge >= 0.3 is 24.0 Å². The van der Waals surface area contributed by atoms with E-state index in [-0.39, 0.29) is 23.9 Å². The van der Waals surface area contributed by atoms with Crippen molar-refractivity contribution in [3.63, 3.8) is 0 Å². The number of carbonyl (C=O) groups excluding carboxylic acids is 4. The predicted octanol–water partition coefficient (Wildman–Crippen LogP) is 4.61. The number of hydrogen-bond acceptors (Lipinski definition) is 7. The van der Waals surface area contributed by atoms with Gasteiger partial charge in [-0.15, -0.1) is 0 Å². The van der Waals surface area contributed by atoms with E-state index in [1.165, 1.54) is 6.20 Å². The second-order valence-electron chi connectivity index (χ2n) is 12.8. The van der Waals surface area contributed by atoms with Crippen molar-refractivity contribution < 1.29 is 28.7 Å². The number of anilines is 2. The number of amides is 4. The fourth-order valence-electron chi connectivity index (χ4n) is 4.95. The second kappa shape index (κ2) is 11.8. The molecule has 1 aliphatic carbocycles. The van der Waals surface area contributed by atoms with Crippen molar-refractivity contribution >= 4 is 35.5 Å². The van der Waals surface area contributed by atoms with E-state index in [1.54, 1.807) is 38.7 Å². The summed E-state index contributed by atoms with van der Waals surface area (Å²) in [7, 11) is 0. The van der Waals surface area contributed by atoms with Crippen molar-refractivity contribution in [1.82, 2.24) is 15.2 Å². The van der Waals surface area contributed by atoms with Crippen LogP contribution in [-0.4, -0.2) is 63.7 Å². The van der Waals surface area contributed by atoms with Crippen LogP contribution < -0.4 is 16.0 Å². The Balaban J connectivity index is 1.58. The molecule has 1 aromatic rings. The lowest BCUT2D eigenvalue weighted by atomic mass is 9.72. The molecule has 2 aliphatic rings. The first-order valence-electron chi connectivity index (χ1n) is 13.6. The first kappa shape index (κ1) is 30.2. The molecular formula is C28H43N5O6. The minimum atomic E-state index is -0.731. The standard InChI is InChI=1S/C28H43N5O6/c1-16-9-10-21(18-12-19(13-18)31-25(36)38-27(3,4)5)33(15-16)24(35)23(34)30-20-11-17(2)22(29-14-20)32-26(37)39-28(6,7)8/h11,14,16,18-19,21H,9-10,12-13,15H2,1-8H3,(H,30,34)(H,31,36)(H,29,32,37)/t16-,18-,19-,21-/m1/s1. The average molecular weight is 546 g/mol. The molecule has 2 atom stereocenters. The van der Waals surface area contributed by atoms with Crippen molar-refractivity contribution in [3.8, 4) is 0 Å². The number of pyridine rings is 1. The molecular weight excluding hydrogens is 502 g/mol. The molecule has 3 N–H and O–H groups in total.